The third kappa shape index (κ3) is 4.48. The van der Waals surface area contributed by atoms with Crippen LogP contribution in [0, 0.1) is 6.92 Å². The fourth-order valence-electron chi connectivity index (χ4n) is 4.10. The molecule has 5 nitrogen and oxygen atoms in total. The van der Waals surface area contributed by atoms with Gasteiger partial charge in [-0.1, -0.05) is 24.3 Å². The number of carbonyl (C=O) groups excluding carboxylic acids is 1. The highest BCUT2D eigenvalue weighted by molar-refractivity contribution is 6.05. The van der Waals surface area contributed by atoms with E-state index in [1.54, 1.807) is 7.11 Å². The molecule has 30 heavy (non-hydrogen) atoms. The van der Waals surface area contributed by atoms with Gasteiger partial charge >= 0.3 is 0 Å². The number of hydrogen-bond acceptors (Lipinski definition) is 4. The van der Waals surface area contributed by atoms with E-state index in [1.807, 2.05) is 37.3 Å². The van der Waals surface area contributed by atoms with E-state index in [0.717, 1.165) is 61.6 Å². The Hall–Kier alpha value is -2.89. The van der Waals surface area contributed by atoms with Crippen molar-refractivity contribution in [3.05, 3.63) is 70.8 Å². The molecule has 0 spiro atoms. The second-order valence-electron chi connectivity index (χ2n) is 7.77. The summed E-state index contributed by atoms with van der Waals surface area (Å²) in [4.78, 5) is 12.9. The highest BCUT2D eigenvalue weighted by atomic mass is 16.5. The Balaban J connectivity index is 1.52. The van der Waals surface area contributed by atoms with Crippen LogP contribution in [-0.4, -0.2) is 39.2 Å². The molecular weight excluding hydrogens is 374 g/mol. The van der Waals surface area contributed by atoms with Gasteiger partial charge in [-0.25, -0.2) is 0 Å². The molecule has 0 saturated heterocycles. The largest absolute Gasteiger partial charge is 0.496 e. The van der Waals surface area contributed by atoms with Crippen LogP contribution < -0.4 is 20.7 Å². The fourth-order valence-corrected chi connectivity index (χ4v) is 4.10. The number of nitrogens with one attached hydrogen (secondary N) is 3. The van der Waals surface area contributed by atoms with E-state index in [9.17, 15) is 4.79 Å². The zero-order valence-corrected chi connectivity index (χ0v) is 17.7. The van der Waals surface area contributed by atoms with E-state index in [4.69, 9.17) is 4.74 Å². The van der Waals surface area contributed by atoms with E-state index in [2.05, 4.69) is 34.2 Å². The first kappa shape index (κ1) is 20.4. The van der Waals surface area contributed by atoms with Crippen molar-refractivity contribution in [3.8, 4) is 5.75 Å². The van der Waals surface area contributed by atoms with Crippen LogP contribution in [-0.2, 0) is 0 Å². The van der Waals surface area contributed by atoms with Crippen LogP contribution >= 0.6 is 0 Å². The summed E-state index contributed by atoms with van der Waals surface area (Å²) in [6, 6.07) is 12.0. The number of hydrogen-bond donors (Lipinski definition) is 3. The summed E-state index contributed by atoms with van der Waals surface area (Å²) in [6.45, 7) is 5.74. The molecule has 2 aliphatic heterocycles. The molecule has 0 radical (unpaired) electrons. The van der Waals surface area contributed by atoms with Crippen LogP contribution in [0.2, 0.25) is 0 Å². The van der Waals surface area contributed by atoms with Gasteiger partial charge in [0.25, 0.3) is 5.91 Å². The molecule has 0 aromatic heterocycles. The predicted molar refractivity (Wildman–Crippen MR) is 123 cm³/mol. The minimum Gasteiger partial charge on any atom is -0.496 e. The molecule has 0 aliphatic carbocycles. The van der Waals surface area contributed by atoms with E-state index >= 15 is 0 Å². The first-order valence-electron chi connectivity index (χ1n) is 10.6. The predicted octanol–water partition coefficient (Wildman–Crippen LogP) is 4.01. The van der Waals surface area contributed by atoms with Crippen molar-refractivity contribution in [1.82, 2.24) is 10.6 Å². The van der Waals surface area contributed by atoms with Crippen molar-refractivity contribution in [2.45, 2.75) is 19.8 Å². The average Bonchev–Trinajstić information content (AvgIpc) is 2.80. The summed E-state index contributed by atoms with van der Waals surface area (Å²) in [6.07, 6.45) is 6.41. The minimum absolute atomic E-state index is 0.103. The van der Waals surface area contributed by atoms with Gasteiger partial charge in [0.2, 0.25) is 0 Å². The molecule has 1 amide bonds. The van der Waals surface area contributed by atoms with Gasteiger partial charge in [-0.3, -0.25) is 4.79 Å². The van der Waals surface area contributed by atoms with Gasteiger partial charge < -0.3 is 20.7 Å². The summed E-state index contributed by atoms with van der Waals surface area (Å²) >= 11 is 0. The molecule has 2 heterocycles. The first-order chi connectivity index (χ1) is 14.7. The SMILES string of the molecule is COc1cc(NC(=O)c2ccc(C3=CCNCC3)cc2C)ccc1C1=CCNCC1. The topological polar surface area (TPSA) is 62.4 Å². The summed E-state index contributed by atoms with van der Waals surface area (Å²) in [7, 11) is 1.67. The maximum atomic E-state index is 12.9. The molecular formula is C25H29N3O2. The molecule has 4 rings (SSSR count). The lowest BCUT2D eigenvalue weighted by molar-refractivity contribution is 0.102. The molecule has 0 bridgehead atoms. The highest BCUT2D eigenvalue weighted by Crippen LogP contribution is 2.32. The molecule has 5 heteroatoms. The molecule has 2 aromatic carbocycles. The normalized spacial score (nSPS) is 16.5. The van der Waals surface area contributed by atoms with Crippen molar-refractivity contribution >= 4 is 22.7 Å². The minimum atomic E-state index is -0.103. The van der Waals surface area contributed by atoms with Crippen molar-refractivity contribution in [2.75, 3.05) is 38.6 Å². The third-order valence-corrected chi connectivity index (χ3v) is 5.77. The van der Waals surface area contributed by atoms with E-state index < -0.39 is 0 Å². The molecule has 0 saturated carbocycles. The molecule has 0 atom stereocenters. The standard InChI is InChI=1S/C25H29N3O2/c1-17-15-20(18-7-11-26-12-8-18)3-5-22(17)25(29)28-21-4-6-23(24(16-21)30-2)19-9-13-27-14-10-19/h3-7,9,15-16,26-27H,8,10-14H2,1-2H3,(H,28,29). The number of carbonyl (C=O) groups is 1. The van der Waals surface area contributed by atoms with Crippen molar-refractivity contribution < 1.29 is 9.53 Å². The number of benzene rings is 2. The van der Waals surface area contributed by atoms with Gasteiger partial charge in [0.1, 0.15) is 5.75 Å². The lowest BCUT2D eigenvalue weighted by Crippen LogP contribution is -2.20. The van der Waals surface area contributed by atoms with Gasteiger partial charge in [-0.05, 0) is 73.3 Å². The fraction of sp³-hybridized carbons (Fsp3) is 0.320. The summed E-state index contributed by atoms with van der Waals surface area (Å²) in [5, 5.41) is 9.69. The van der Waals surface area contributed by atoms with Crippen LogP contribution in [0.15, 0.2) is 48.6 Å². The third-order valence-electron chi connectivity index (χ3n) is 5.77. The Morgan fingerprint density at radius 2 is 1.70 bits per heavy atom. The average molecular weight is 404 g/mol. The van der Waals surface area contributed by atoms with Crippen LogP contribution in [0.1, 0.15) is 39.9 Å². The number of rotatable bonds is 5. The molecule has 2 aliphatic rings. The van der Waals surface area contributed by atoms with Gasteiger partial charge in [-0.15, -0.1) is 0 Å². The van der Waals surface area contributed by atoms with E-state index in [0.29, 0.717) is 5.56 Å². The van der Waals surface area contributed by atoms with Crippen molar-refractivity contribution in [2.24, 2.45) is 0 Å². The molecule has 0 fully saturated rings. The number of methoxy groups -OCH3 is 1. The van der Waals surface area contributed by atoms with Crippen LogP contribution in [0.3, 0.4) is 0 Å². The molecule has 2 aromatic rings. The van der Waals surface area contributed by atoms with Gasteiger partial charge in [0.05, 0.1) is 7.11 Å². The lowest BCUT2D eigenvalue weighted by Gasteiger charge is -2.18. The van der Waals surface area contributed by atoms with Crippen LogP contribution in [0.25, 0.3) is 11.1 Å². The first-order valence-corrected chi connectivity index (χ1v) is 10.6. The Morgan fingerprint density at radius 3 is 2.33 bits per heavy atom. The van der Waals surface area contributed by atoms with E-state index in [1.165, 1.54) is 16.7 Å². The van der Waals surface area contributed by atoms with Crippen LogP contribution in [0.5, 0.6) is 5.75 Å². The van der Waals surface area contributed by atoms with Gasteiger partial charge in [0.15, 0.2) is 0 Å². The zero-order chi connectivity index (χ0) is 20.9. The molecule has 3 N–H and O–H groups in total. The second kappa shape index (κ2) is 9.28. The van der Waals surface area contributed by atoms with E-state index in [-0.39, 0.29) is 5.91 Å². The maximum absolute atomic E-state index is 12.9. The Kier molecular flexibility index (Phi) is 6.31. The summed E-state index contributed by atoms with van der Waals surface area (Å²) in [5.74, 6) is 0.681. The summed E-state index contributed by atoms with van der Waals surface area (Å²) < 4.78 is 5.61. The number of amides is 1. The van der Waals surface area contributed by atoms with Crippen molar-refractivity contribution in [3.63, 3.8) is 0 Å². The molecule has 0 unspecified atom stereocenters. The van der Waals surface area contributed by atoms with Gasteiger partial charge in [-0.2, -0.15) is 0 Å². The Morgan fingerprint density at radius 1 is 0.967 bits per heavy atom. The Bertz CT molecular complexity index is 1010. The highest BCUT2D eigenvalue weighted by Gasteiger charge is 2.15. The maximum Gasteiger partial charge on any atom is 0.255 e. The number of aryl methyl sites for hydroxylation is 1. The molecule has 156 valence electrons. The monoisotopic (exact) mass is 403 g/mol. The van der Waals surface area contributed by atoms with Crippen LogP contribution in [0.4, 0.5) is 5.69 Å². The summed E-state index contributed by atoms with van der Waals surface area (Å²) in [5.41, 5.74) is 7.32. The smallest absolute Gasteiger partial charge is 0.255 e. The van der Waals surface area contributed by atoms with Crippen molar-refractivity contribution in [1.29, 1.82) is 0 Å². The van der Waals surface area contributed by atoms with Gasteiger partial charge in [0, 0.05) is 36.0 Å². The zero-order valence-electron chi connectivity index (χ0n) is 17.7. The quantitative estimate of drug-likeness (QED) is 0.706. The second-order valence-corrected chi connectivity index (χ2v) is 7.77. The number of anilines is 1. The lowest BCUT2D eigenvalue weighted by atomic mass is 9.96. The number of ether oxygens (including phenoxy) is 1. The Labute approximate surface area is 178 Å².